The van der Waals surface area contributed by atoms with Crippen LogP contribution in [0.2, 0.25) is 0 Å². The molecule has 2 aliphatic rings. The Hall–Kier alpha value is -1.93. The Bertz CT molecular complexity index is 671. The molecule has 3 heterocycles. The molecule has 0 bridgehead atoms. The zero-order valence-corrected chi connectivity index (χ0v) is 12.8. The molecule has 1 aliphatic carbocycles. The molecule has 2 atom stereocenters. The van der Waals surface area contributed by atoms with Crippen molar-refractivity contribution in [2.24, 2.45) is 0 Å². The molecule has 1 saturated carbocycles. The smallest absolute Gasteiger partial charge is 0.245 e. The van der Waals surface area contributed by atoms with Crippen molar-refractivity contribution in [2.75, 3.05) is 6.61 Å². The molecule has 0 spiro atoms. The molecule has 1 N–H and O–H groups in total. The van der Waals surface area contributed by atoms with Crippen molar-refractivity contribution in [3.63, 3.8) is 0 Å². The summed E-state index contributed by atoms with van der Waals surface area (Å²) in [5.74, 6) is 0.504. The molecule has 1 aliphatic heterocycles. The number of hydrogen-bond acceptors (Lipinski definition) is 7. The number of aliphatic hydroxyl groups is 1. The van der Waals surface area contributed by atoms with Crippen LogP contribution in [0.1, 0.15) is 38.5 Å². The Morgan fingerprint density at radius 1 is 1.17 bits per heavy atom. The monoisotopic (exact) mass is 320 g/mol. The predicted molar refractivity (Wildman–Crippen MR) is 79.8 cm³/mol. The van der Waals surface area contributed by atoms with Gasteiger partial charge in [-0.3, -0.25) is 0 Å². The van der Waals surface area contributed by atoms with Gasteiger partial charge >= 0.3 is 0 Å². The maximum absolute atomic E-state index is 9.12. The molecule has 0 radical (unpaired) electrons. The van der Waals surface area contributed by atoms with Gasteiger partial charge in [-0.1, -0.05) is 0 Å². The molecule has 0 aromatic carbocycles. The molecule has 124 valence electrons. The standard InChI is InChI=1S/C15H20N4O4/c20-7-11-5-6-12(21-11)23-19-9-18-13-14(19)16-8-17-15(13)22-10-3-1-2-4-10/h8-12,20H,1-7H2/t11-,12+/m0/s1. The van der Waals surface area contributed by atoms with E-state index in [1.807, 2.05) is 0 Å². The summed E-state index contributed by atoms with van der Waals surface area (Å²) in [4.78, 5) is 18.5. The third kappa shape index (κ3) is 2.96. The van der Waals surface area contributed by atoms with Gasteiger partial charge in [0.25, 0.3) is 0 Å². The molecule has 8 heteroatoms. The second-order valence-corrected chi connectivity index (χ2v) is 6.00. The minimum absolute atomic E-state index is 0.00603. The highest BCUT2D eigenvalue weighted by Crippen LogP contribution is 2.27. The van der Waals surface area contributed by atoms with Crippen LogP contribution in [0, 0.1) is 0 Å². The summed E-state index contributed by atoms with van der Waals surface area (Å²) >= 11 is 0. The van der Waals surface area contributed by atoms with E-state index in [0.717, 1.165) is 25.7 Å². The van der Waals surface area contributed by atoms with Crippen LogP contribution >= 0.6 is 0 Å². The van der Waals surface area contributed by atoms with Crippen LogP contribution in [0.5, 0.6) is 5.88 Å². The Morgan fingerprint density at radius 2 is 2.04 bits per heavy atom. The van der Waals surface area contributed by atoms with E-state index in [4.69, 9.17) is 19.4 Å². The lowest BCUT2D eigenvalue weighted by molar-refractivity contribution is -0.140. The number of imidazole rings is 1. The third-order valence-corrected chi connectivity index (χ3v) is 4.35. The van der Waals surface area contributed by atoms with E-state index in [-0.39, 0.29) is 18.8 Å². The van der Waals surface area contributed by atoms with Gasteiger partial charge in [-0.2, -0.15) is 4.98 Å². The molecular formula is C15H20N4O4. The van der Waals surface area contributed by atoms with Crippen LogP contribution in [0.3, 0.4) is 0 Å². The molecular weight excluding hydrogens is 300 g/mol. The lowest BCUT2D eigenvalue weighted by atomic mass is 10.2. The van der Waals surface area contributed by atoms with Gasteiger partial charge in [0.2, 0.25) is 17.8 Å². The van der Waals surface area contributed by atoms with Crippen LogP contribution in [0.4, 0.5) is 0 Å². The van der Waals surface area contributed by atoms with E-state index in [9.17, 15) is 0 Å². The molecule has 23 heavy (non-hydrogen) atoms. The number of aliphatic hydroxyl groups excluding tert-OH is 1. The summed E-state index contributed by atoms with van der Waals surface area (Å²) in [6.45, 7) is 0.00603. The first kappa shape index (κ1) is 14.6. The molecule has 0 amide bonds. The van der Waals surface area contributed by atoms with E-state index < -0.39 is 6.29 Å². The first-order valence-electron chi connectivity index (χ1n) is 8.11. The fourth-order valence-corrected chi connectivity index (χ4v) is 3.13. The van der Waals surface area contributed by atoms with Crippen molar-refractivity contribution < 1.29 is 19.4 Å². The average molecular weight is 320 g/mol. The molecule has 8 nitrogen and oxygen atoms in total. The van der Waals surface area contributed by atoms with Crippen molar-refractivity contribution in [1.29, 1.82) is 0 Å². The number of aromatic nitrogens is 4. The van der Waals surface area contributed by atoms with Crippen molar-refractivity contribution in [3.8, 4) is 5.88 Å². The number of nitrogens with zero attached hydrogens (tertiary/aromatic N) is 4. The van der Waals surface area contributed by atoms with Gasteiger partial charge in [-0.05, 0) is 32.1 Å². The average Bonchev–Trinajstić information content (AvgIpc) is 3.30. The normalized spacial score (nSPS) is 25.3. The van der Waals surface area contributed by atoms with Gasteiger partial charge < -0.3 is 19.4 Å². The van der Waals surface area contributed by atoms with E-state index in [1.165, 1.54) is 23.9 Å². The topological polar surface area (TPSA) is 91.5 Å². The highest BCUT2D eigenvalue weighted by molar-refractivity contribution is 5.75. The van der Waals surface area contributed by atoms with Crippen LogP contribution in [0.15, 0.2) is 12.7 Å². The quantitative estimate of drug-likeness (QED) is 0.881. The van der Waals surface area contributed by atoms with E-state index >= 15 is 0 Å². The Kier molecular flexibility index (Phi) is 4.00. The molecule has 2 aromatic heterocycles. The molecule has 1 saturated heterocycles. The first-order chi connectivity index (χ1) is 11.3. The Balaban J connectivity index is 1.52. The van der Waals surface area contributed by atoms with Crippen molar-refractivity contribution in [1.82, 2.24) is 19.7 Å². The van der Waals surface area contributed by atoms with E-state index in [0.29, 0.717) is 17.0 Å². The minimum atomic E-state index is -0.404. The second kappa shape index (κ2) is 6.29. The zero-order valence-electron chi connectivity index (χ0n) is 12.8. The number of rotatable bonds is 5. The largest absolute Gasteiger partial charge is 0.473 e. The molecule has 2 aromatic rings. The molecule has 0 unspecified atom stereocenters. The maximum atomic E-state index is 9.12. The molecule has 4 rings (SSSR count). The van der Waals surface area contributed by atoms with E-state index in [1.54, 1.807) is 6.33 Å². The summed E-state index contributed by atoms with van der Waals surface area (Å²) in [6.07, 6.45) is 8.66. The van der Waals surface area contributed by atoms with Gasteiger partial charge in [0, 0.05) is 6.42 Å². The van der Waals surface area contributed by atoms with Crippen molar-refractivity contribution in [3.05, 3.63) is 12.7 Å². The Morgan fingerprint density at radius 3 is 2.83 bits per heavy atom. The van der Waals surface area contributed by atoms with Gasteiger partial charge in [0.15, 0.2) is 5.52 Å². The summed E-state index contributed by atoms with van der Waals surface area (Å²) in [6, 6.07) is 0. The van der Waals surface area contributed by atoms with Crippen molar-refractivity contribution in [2.45, 2.75) is 57.0 Å². The van der Waals surface area contributed by atoms with Crippen LogP contribution in [-0.4, -0.2) is 49.9 Å². The van der Waals surface area contributed by atoms with E-state index in [2.05, 4.69) is 15.0 Å². The van der Waals surface area contributed by atoms with Gasteiger partial charge in [0.05, 0.1) is 12.7 Å². The van der Waals surface area contributed by atoms with Crippen LogP contribution in [-0.2, 0) is 4.74 Å². The summed E-state index contributed by atoms with van der Waals surface area (Å²) in [7, 11) is 0. The third-order valence-electron chi connectivity index (χ3n) is 4.35. The second-order valence-electron chi connectivity index (χ2n) is 6.00. The number of hydrogen-bond donors (Lipinski definition) is 1. The SMILES string of the molecule is OC[C@@H]1CC[C@@H](On2cnc3c(OC4CCCC4)ncnc32)O1. The fourth-order valence-electron chi connectivity index (χ4n) is 3.13. The number of ether oxygens (including phenoxy) is 2. The molecule has 2 fully saturated rings. The summed E-state index contributed by atoms with van der Waals surface area (Å²) < 4.78 is 13.0. The maximum Gasteiger partial charge on any atom is 0.245 e. The fraction of sp³-hybridized carbons (Fsp3) is 0.667. The summed E-state index contributed by atoms with van der Waals surface area (Å²) in [5, 5.41) is 9.12. The van der Waals surface area contributed by atoms with Gasteiger partial charge in [-0.15, -0.1) is 4.73 Å². The van der Waals surface area contributed by atoms with Crippen LogP contribution < -0.4 is 9.57 Å². The highest BCUT2D eigenvalue weighted by atomic mass is 16.8. The van der Waals surface area contributed by atoms with Crippen LogP contribution in [0.25, 0.3) is 11.2 Å². The lowest BCUT2D eigenvalue weighted by Gasteiger charge is -2.14. The van der Waals surface area contributed by atoms with Crippen molar-refractivity contribution >= 4 is 11.2 Å². The Labute approximate surface area is 133 Å². The summed E-state index contributed by atoms with van der Waals surface area (Å²) in [5.41, 5.74) is 1.15. The zero-order chi connectivity index (χ0) is 15.6. The van der Waals surface area contributed by atoms with Gasteiger partial charge in [0.1, 0.15) is 18.8 Å². The highest BCUT2D eigenvalue weighted by Gasteiger charge is 2.27. The predicted octanol–water partition coefficient (Wildman–Crippen LogP) is 1.07. The number of fused-ring (bicyclic) bond motifs is 1. The van der Waals surface area contributed by atoms with Gasteiger partial charge in [-0.25, -0.2) is 9.97 Å². The minimum Gasteiger partial charge on any atom is -0.473 e. The first-order valence-corrected chi connectivity index (χ1v) is 8.11. The lowest BCUT2D eigenvalue weighted by Crippen LogP contribution is -2.26.